The van der Waals surface area contributed by atoms with Crippen LogP contribution in [0.1, 0.15) is 30.5 Å². The van der Waals surface area contributed by atoms with Gasteiger partial charge in [-0.15, -0.1) is 0 Å². The van der Waals surface area contributed by atoms with E-state index in [2.05, 4.69) is 11.4 Å². The molecular weight excluding hydrogens is 242 g/mol. The highest BCUT2D eigenvalue weighted by atomic mass is 16.5. The van der Waals surface area contributed by atoms with Crippen LogP contribution in [0.15, 0.2) is 18.2 Å². The van der Waals surface area contributed by atoms with Gasteiger partial charge in [-0.3, -0.25) is 4.79 Å². The van der Waals surface area contributed by atoms with E-state index >= 15 is 0 Å². The Hall–Kier alpha value is -1.55. The highest BCUT2D eigenvalue weighted by Gasteiger charge is 2.28. The second-order valence-electron chi connectivity index (χ2n) is 4.77. The number of fused-ring (bicyclic) bond motifs is 1. The molecule has 0 spiro atoms. The molecule has 0 saturated carbocycles. The summed E-state index contributed by atoms with van der Waals surface area (Å²) in [7, 11) is 3.31. The average Bonchev–Trinajstić information content (AvgIpc) is 2.91. The van der Waals surface area contributed by atoms with Crippen LogP contribution in [0.4, 0.5) is 0 Å². The van der Waals surface area contributed by atoms with Crippen LogP contribution in [0.3, 0.4) is 0 Å². The van der Waals surface area contributed by atoms with Gasteiger partial charge in [-0.2, -0.15) is 0 Å². The van der Waals surface area contributed by atoms with Gasteiger partial charge in [0.05, 0.1) is 19.6 Å². The van der Waals surface area contributed by atoms with Crippen LogP contribution in [-0.4, -0.2) is 26.7 Å². The third kappa shape index (κ3) is 2.73. The van der Waals surface area contributed by atoms with Gasteiger partial charge in [0.15, 0.2) is 0 Å². The molecule has 0 fully saturated rings. The third-order valence-electron chi connectivity index (χ3n) is 3.73. The first kappa shape index (κ1) is 13.9. The van der Waals surface area contributed by atoms with Crippen molar-refractivity contribution >= 4 is 5.97 Å². The molecule has 0 saturated heterocycles. The summed E-state index contributed by atoms with van der Waals surface area (Å²) in [5.74, 6) is 0.624. The topological polar surface area (TPSA) is 47.6 Å². The van der Waals surface area contributed by atoms with Crippen molar-refractivity contribution in [1.82, 2.24) is 5.32 Å². The number of esters is 1. The maximum absolute atomic E-state index is 11.9. The van der Waals surface area contributed by atoms with Gasteiger partial charge in [0.2, 0.25) is 0 Å². The molecular formula is C15H21NO3. The molecule has 0 aromatic heterocycles. The molecule has 1 aromatic carbocycles. The molecule has 1 aliphatic heterocycles. The Morgan fingerprint density at radius 2 is 2.32 bits per heavy atom. The standard InChI is InChI=1S/C15H21NO3/c1-4-12(15(17)18-3)14(16-2)11-5-6-13-10(9-11)7-8-19-13/h5-6,9,12,14,16H,4,7-8H2,1-3H3. The normalized spacial score (nSPS) is 16.4. The van der Waals surface area contributed by atoms with Gasteiger partial charge in [0.1, 0.15) is 5.75 Å². The fourth-order valence-electron chi connectivity index (χ4n) is 2.69. The average molecular weight is 263 g/mol. The Morgan fingerprint density at radius 3 is 2.95 bits per heavy atom. The molecule has 1 aromatic rings. The molecule has 4 nitrogen and oxygen atoms in total. The van der Waals surface area contributed by atoms with Crippen molar-refractivity contribution in [3.05, 3.63) is 29.3 Å². The number of methoxy groups -OCH3 is 1. The lowest BCUT2D eigenvalue weighted by atomic mass is 9.90. The third-order valence-corrected chi connectivity index (χ3v) is 3.73. The van der Waals surface area contributed by atoms with E-state index < -0.39 is 0 Å². The minimum atomic E-state index is -0.171. The molecule has 0 bridgehead atoms. The Morgan fingerprint density at radius 1 is 1.53 bits per heavy atom. The van der Waals surface area contributed by atoms with Crippen molar-refractivity contribution < 1.29 is 14.3 Å². The summed E-state index contributed by atoms with van der Waals surface area (Å²) in [5.41, 5.74) is 2.33. The van der Waals surface area contributed by atoms with E-state index in [1.54, 1.807) is 0 Å². The molecule has 0 radical (unpaired) electrons. The van der Waals surface area contributed by atoms with Gasteiger partial charge < -0.3 is 14.8 Å². The first-order valence-electron chi connectivity index (χ1n) is 6.72. The second kappa shape index (κ2) is 6.06. The maximum Gasteiger partial charge on any atom is 0.310 e. The molecule has 4 heteroatoms. The quantitative estimate of drug-likeness (QED) is 0.826. The van der Waals surface area contributed by atoms with Gasteiger partial charge in [-0.05, 0) is 30.7 Å². The molecule has 104 valence electrons. The summed E-state index contributed by atoms with van der Waals surface area (Å²) >= 11 is 0. The number of nitrogens with one attached hydrogen (secondary N) is 1. The smallest absolute Gasteiger partial charge is 0.310 e. The predicted molar refractivity (Wildman–Crippen MR) is 73.2 cm³/mol. The molecule has 1 N–H and O–H groups in total. The minimum Gasteiger partial charge on any atom is -0.493 e. The number of hydrogen-bond donors (Lipinski definition) is 1. The molecule has 0 aliphatic carbocycles. The number of carbonyl (C=O) groups excluding carboxylic acids is 1. The highest BCUT2D eigenvalue weighted by Crippen LogP contribution is 2.31. The minimum absolute atomic E-state index is 0.0247. The maximum atomic E-state index is 11.9. The van der Waals surface area contributed by atoms with Crippen molar-refractivity contribution in [1.29, 1.82) is 0 Å². The van der Waals surface area contributed by atoms with E-state index in [1.807, 2.05) is 26.1 Å². The van der Waals surface area contributed by atoms with E-state index in [0.29, 0.717) is 0 Å². The fourth-order valence-corrected chi connectivity index (χ4v) is 2.69. The Kier molecular flexibility index (Phi) is 4.43. The van der Waals surface area contributed by atoms with Crippen LogP contribution in [0, 0.1) is 5.92 Å². The number of benzene rings is 1. The van der Waals surface area contributed by atoms with Crippen LogP contribution in [0.2, 0.25) is 0 Å². The molecule has 1 heterocycles. The summed E-state index contributed by atoms with van der Waals surface area (Å²) in [5, 5.41) is 3.23. The summed E-state index contributed by atoms with van der Waals surface area (Å²) in [6.07, 6.45) is 1.68. The van der Waals surface area contributed by atoms with Gasteiger partial charge >= 0.3 is 5.97 Å². The van der Waals surface area contributed by atoms with Crippen molar-refractivity contribution in [2.24, 2.45) is 5.92 Å². The number of rotatable bonds is 5. The SMILES string of the molecule is CCC(C(=O)OC)C(NC)c1ccc2c(c1)CCO2. The Bertz CT molecular complexity index is 459. The van der Waals surface area contributed by atoms with Gasteiger partial charge in [-0.1, -0.05) is 19.1 Å². The lowest BCUT2D eigenvalue weighted by Gasteiger charge is -2.24. The van der Waals surface area contributed by atoms with Crippen LogP contribution in [-0.2, 0) is 16.0 Å². The molecule has 0 amide bonds. The van der Waals surface area contributed by atoms with Gasteiger partial charge in [-0.25, -0.2) is 0 Å². The molecule has 2 rings (SSSR count). The van der Waals surface area contributed by atoms with Gasteiger partial charge in [0, 0.05) is 12.5 Å². The van der Waals surface area contributed by atoms with Crippen LogP contribution in [0.25, 0.3) is 0 Å². The number of hydrogen-bond acceptors (Lipinski definition) is 4. The van der Waals surface area contributed by atoms with E-state index in [1.165, 1.54) is 12.7 Å². The van der Waals surface area contributed by atoms with E-state index in [-0.39, 0.29) is 17.9 Å². The predicted octanol–water partition coefficient (Wildman–Crippen LogP) is 2.08. The summed E-state index contributed by atoms with van der Waals surface area (Å²) in [6, 6.07) is 6.13. The van der Waals surface area contributed by atoms with Crippen LogP contribution < -0.4 is 10.1 Å². The van der Waals surface area contributed by atoms with Gasteiger partial charge in [0.25, 0.3) is 0 Å². The van der Waals surface area contributed by atoms with E-state index in [9.17, 15) is 4.79 Å². The monoisotopic (exact) mass is 263 g/mol. The lowest BCUT2D eigenvalue weighted by Crippen LogP contribution is -2.31. The first-order valence-corrected chi connectivity index (χ1v) is 6.72. The number of carbonyl (C=O) groups is 1. The highest BCUT2D eigenvalue weighted by molar-refractivity contribution is 5.73. The molecule has 2 unspecified atom stereocenters. The fraction of sp³-hybridized carbons (Fsp3) is 0.533. The van der Waals surface area contributed by atoms with Crippen molar-refractivity contribution in [2.75, 3.05) is 20.8 Å². The Balaban J connectivity index is 2.28. The largest absolute Gasteiger partial charge is 0.493 e. The zero-order chi connectivity index (χ0) is 13.8. The zero-order valence-corrected chi connectivity index (χ0v) is 11.7. The second-order valence-corrected chi connectivity index (χ2v) is 4.77. The molecule has 2 atom stereocenters. The van der Waals surface area contributed by atoms with Crippen LogP contribution >= 0.6 is 0 Å². The number of ether oxygens (including phenoxy) is 2. The summed E-state index contributed by atoms with van der Waals surface area (Å²) in [6.45, 7) is 2.75. The van der Waals surface area contributed by atoms with Crippen molar-refractivity contribution in [2.45, 2.75) is 25.8 Å². The van der Waals surface area contributed by atoms with Crippen molar-refractivity contribution in [3.63, 3.8) is 0 Å². The zero-order valence-electron chi connectivity index (χ0n) is 11.7. The Labute approximate surface area is 114 Å². The molecule has 1 aliphatic rings. The molecule has 19 heavy (non-hydrogen) atoms. The first-order chi connectivity index (χ1) is 9.21. The van der Waals surface area contributed by atoms with E-state index in [4.69, 9.17) is 9.47 Å². The lowest BCUT2D eigenvalue weighted by molar-refractivity contribution is -0.146. The summed E-state index contributed by atoms with van der Waals surface area (Å²) < 4.78 is 10.4. The van der Waals surface area contributed by atoms with Crippen LogP contribution in [0.5, 0.6) is 5.75 Å². The van der Waals surface area contributed by atoms with Crippen molar-refractivity contribution in [3.8, 4) is 5.75 Å². The van der Waals surface area contributed by atoms with E-state index in [0.717, 1.165) is 30.8 Å². The summed E-state index contributed by atoms with van der Waals surface area (Å²) in [4.78, 5) is 11.9.